The molecule has 1 aliphatic carbocycles. The Labute approximate surface area is 203 Å². The van der Waals surface area contributed by atoms with E-state index < -0.39 is 17.7 Å². The van der Waals surface area contributed by atoms with Crippen molar-refractivity contribution in [1.82, 2.24) is 19.5 Å². The quantitative estimate of drug-likeness (QED) is 0.373. The molecule has 186 valence electrons. The first-order valence-electron chi connectivity index (χ1n) is 11.3. The van der Waals surface area contributed by atoms with Crippen molar-refractivity contribution in [3.8, 4) is 0 Å². The summed E-state index contributed by atoms with van der Waals surface area (Å²) in [7, 11) is 0. The predicted molar refractivity (Wildman–Crippen MR) is 124 cm³/mol. The fraction of sp³-hybridized carbons (Fsp3) is 0.455. The molecule has 35 heavy (non-hydrogen) atoms. The Morgan fingerprint density at radius 2 is 1.94 bits per heavy atom. The fourth-order valence-electron chi connectivity index (χ4n) is 4.60. The van der Waals surface area contributed by atoms with E-state index in [-0.39, 0.29) is 53.1 Å². The van der Waals surface area contributed by atoms with Gasteiger partial charge in [-0.25, -0.2) is 18.7 Å². The van der Waals surface area contributed by atoms with Crippen LogP contribution in [0.15, 0.2) is 18.3 Å². The number of fused-ring (bicyclic) bond motifs is 1. The molecule has 2 fully saturated rings. The van der Waals surface area contributed by atoms with Gasteiger partial charge in [0.05, 0.1) is 42.3 Å². The van der Waals surface area contributed by atoms with Crippen molar-refractivity contribution in [2.24, 2.45) is 11.7 Å². The molecule has 2 aromatic heterocycles. The molecule has 1 saturated heterocycles. The predicted octanol–water partition coefficient (Wildman–Crippen LogP) is 2.89. The number of nitrogens with one attached hydrogen (secondary N) is 2. The van der Waals surface area contributed by atoms with E-state index in [1.54, 1.807) is 0 Å². The molecule has 1 amide bonds. The molecule has 1 saturated carbocycles. The highest BCUT2D eigenvalue weighted by Crippen LogP contribution is 2.37. The third kappa shape index (κ3) is 4.73. The van der Waals surface area contributed by atoms with Gasteiger partial charge in [-0.3, -0.25) is 9.36 Å². The Morgan fingerprint density at radius 1 is 1.17 bits per heavy atom. The number of halogens is 3. The van der Waals surface area contributed by atoms with Gasteiger partial charge in [-0.05, 0) is 31.7 Å². The van der Waals surface area contributed by atoms with Gasteiger partial charge in [0, 0.05) is 18.0 Å². The third-order valence-electron chi connectivity index (χ3n) is 6.52. The summed E-state index contributed by atoms with van der Waals surface area (Å²) in [6, 6.07) is 1.37. The smallest absolute Gasteiger partial charge is 0.225 e. The molecule has 10 nitrogen and oxygen atoms in total. The van der Waals surface area contributed by atoms with Crippen LogP contribution < -0.4 is 16.4 Å². The molecule has 1 aliphatic heterocycles. The van der Waals surface area contributed by atoms with Crippen LogP contribution in [0.4, 0.5) is 26.4 Å². The van der Waals surface area contributed by atoms with Crippen LogP contribution in [-0.2, 0) is 9.53 Å². The number of nitrogens with zero attached hydrogens (tertiary/aromatic N) is 4. The molecule has 3 heterocycles. The monoisotopic (exact) mass is 507 g/mol. The van der Waals surface area contributed by atoms with Gasteiger partial charge in [0.1, 0.15) is 17.2 Å². The van der Waals surface area contributed by atoms with Gasteiger partial charge in [-0.1, -0.05) is 11.6 Å². The molecule has 0 bridgehead atoms. The normalized spacial score (nSPS) is 24.6. The topological polar surface area (TPSA) is 140 Å². The largest absolute Gasteiger partial charge is 0.388 e. The van der Waals surface area contributed by atoms with Crippen molar-refractivity contribution in [2.45, 2.75) is 43.9 Å². The molecule has 5 N–H and O–H groups in total. The number of amides is 1. The van der Waals surface area contributed by atoms with Gasteiger partial charge in [0.25, 0.3) is 0 Å². The van der Waals surface area contributed by atoms with E-state index in [0.717, 1.165) is 12.1 Å². The van der Waals surface area contributed by atoms with Gasteiger partial charge in [0.2, 0.25) is 17.8 Å². The van der Waals surface area contributed by atoms with E-state index in [9.17, 15) is 18.7 Å². The zero-order chi connectivity index (χ0) is 24.7. The van der Waals surface area contributed by atoms with E-state index in [2.05, 4.69) is 25.6 Å². The number of aromatic nitrogens is 4. The van der Waals surface area contributed by atoms with E-state index in [1.165, 1.54) is 6.20 Å². The van der Waals surface area contributed by atoms with Crippen LogP contribution in [-0.4, -0.2) is 55.9 Å². The summed E-state index contributed by atoms with van der Waals surface area (Å²) in [6.07, 6.45) is 3.24. The number of hydrogen-bond donors (Lipinski definition) is 4. The molecule has 2 aliphatic rings. The average Bonchev–Trinajstić information content (AvgIpc) is 3.40. The number of primary amides is 1. The zero-order valence-corrected chi connectivity index (χ0v) is 19.3. The lowest BCUT2D eigenvalue weighted by molar-refractivity contribution is -0.122. The molecule has 1 aromatic carbocycles. The number of benzene rings is 1. The third-order valence-corrected chi connectivity index (χ3v) is 6.81. The van der Waals surface area contributed by atoms with Gasteiger partial charge in [-0.15, -0.1) is 0 Å². The van der Waals surface area contributed by atoms with Crippen molar-refractivity contribution in [3.05, 3.63) is 35.0 Å². The Balaban J connectivity index is 1.53. The summed E-state index contributed by atoms with van der Waals surface area (Å²) in [5.41, 5.74) is 6.26. The van der Waals surface area contributed by atoms with Crippen LogP contribution >= 0.6 is 11.6 Å². The summed E-state index contributed by atoms with van der Waals surface area (Å²) in [5.74, 6) is -1.54. The second-order valence-corrected chi connectivity index (χ2v) is 9.25. The minimum atomic E-state index is -0.774. The average molecular weight is 508 g/mol. The maximum Gasteiger partial charge on any atom is 0.225 e. The summed E-state index contributed by atoms with van der Waals surface area (Å²) in [4.78, 5) is 25.1. The van der Waals surface area contributed by atoms with E-state index in [0.29, 0.717) is 43.5 Å². The number of rotatable bonds is 6. The highest BCUT2D eigenvalue weighted by atomic mass is 35.5. The summed E-state index contributed by atoms with van der Waals surface area (Å²) >= 11 is 5.69. The van der Waals surface area contributed by atoms with Crippen molar-refractivity contribution < 1.29 is 23.4 Å². The zero-order valence-electron chi connectivity index (χ0n) is 18.5. The molecule has 13 heteroatoms. The van der Waals surface area contributed by atoms with Crippen molar-refractivity contribution in [3.63, 3.8) is 0 Å². The number of anilines is 3. The number of hydrogen-bond acceptors (Lipinski definition) is 8. The lowest BCUT2D eigenvalue weighted by Gasteiger charge is -2.29. The second-order valence-electron chi connectivity index (χ2n) is 8.84. The van der Waals surface area contributed by atoms with Crippen molar-refractivity contribution in [2.75, 3.05) is 23.8 Å². The molecule has 0 spiro atoms. The Morgan fingerprint density at radius 3 is 2.63 bits per heavy atom. The van der Waals surface area contributed by atoms with Gasteiger partial charge >= 0.3 is 0 Å². The highest BCUT2D eigenvalue weighted by Gasteiger charge is 2.30. The van der Waals surface area contributed by atoms with Crippen LogP contribution in [0.2, 0.25) is 5.02 Å². The standard InChI is InChI=1S/C22H24ClF2N7O3/c23-12-5-14(25)15(6-13(12)24)29-22-30-16-7-27-21(28-17-8-35-9-18(17)33)31-20(16)32(22)11-3-1-10(2-4-11)19(26)34/h5-7,10-11,17-18,33H,1-4,8-9H2,(H2,26,34)(H,29,30)(H,27,28,31)/t10?,11?,17-,18-/m1/s1. The number of aliphatic hydroxyl groups excluding tert-OH is 1. The second kappa shape index (κ2) is 9.51. The van der Waals surface area contributed by atoms with Crippen LogP contribution in [0.5, 0.6) is 0 Å². The Hall–Kier alpha value is -3.09. The Kier molecular flexibility index (Phi) is 6.43. The molecule has 2 atom stereocenters. The fourth-order valence-corrected chi connectivity index (χ4v) is 4.75. The molecular weight excluding hydrogens is 484 g/mol. The molecule has 0 radical (unpaired) electrons. The molecule has 0 unspecified atom stereocenters. The van der Waals surface area contributed by atoms with E-state index >= 15 is 0 Å². The van der Waals surface area contributed by atoms with Crippen LogP contribution in [0, 0.1) is 17.6 Å². The first-order valence-corrected chi connectivity index (χ1v) is 11.7. The van der Waals surface area contributed by atoms with Crippen molar-refractivity contribution >= 4 is 46.3 Å². The van der Waals surface area contributed by atoms with Crippen molar-refractivity contribution in [1.29, 1.82) is 0 Å². The van der Waals surface area contributed by atoms with Crippen LogP contribution in [0.1, 0.15) is 31.7 Å². The molecule has 3 aromatic rings. The van der Waals surface area contributed by atoms with Crippen LogP contribution in [0.3, 0.4) is 0 Å². The SMILES string of the molecule is NC(=O)C1CCC(n2c(Nc3cc(F)c(Cl)cc3F)nc3cnc(N[C@@H]4COC[C@H]4O)nc32)CC1. The van der Waals surface area contributed by atoms with Gasteiger partial charge in [-0.2, -0.15) is 4.98 Å². The number of carbonyl (C=O) groups excluding carboxylic acids is 1. The maximum atomic E-state index is 14.5. The lowest BCUT2D eigenvalue weighted by Crippen LogP contribution is -2.32. The highest BCUT2D eigenvalue weighted by molar-refractivity contribution is 6.30. The minimum absolute atomic E-state index is 0.124. The van der Waals surface area contributed by atoms with Crippen LogP contribution in [0.25, 0.3) is 11.2 Å². The molecular formula is C22H24ClF2N7O3. The number of ether oxygens (including phenoxy) is 1. The van der Waals surface area contributed by atoms with Gasteiger partial charge in [0.15, 0.2) is 5.65 Å². The number of carbonyl (C=O) groups is 1. The number of imidazole rings is 1. The summed E-state index contributed by atoms with van der Waals surface area (Å²) in [5, 5.41) is 15.7. The maximum absolute atomic E-state index is 14.5. The Bertz CT molecular complexity index is 1270. The number of aliphatic hydroxyl groups is 1. The molecule has 5 rings (SSSR count). The lowest BCUT2D eigenvalue weighted by atomic mass is 9.85. The first-order chi connectivity index (χ1) is 16.8. The van der Waals surface area contributed by atoms with E-state index in [4.69, 9.17) is 22.1 Å². The minimum Gasteiger partial charge on any atom is -0.388 e. The van der Waals surface area contributed by atoms with Gasteiger partial charge < -0.3 is 26.2 Å². The van der Waals surface area contributed by atoms with E-state index in [1.807, 2.05) is 4.57 Å². The summed E-state index contributed by atoms with van der Waals surface area (Å²) < 4.78 is 35.7. The number of nitrogens with two attached hydrogens (primary N) is 1. The summed E-state index contributed by atoms with van der Waals surface area (Å²) in [6.45, 7) is 0.533. The first kappa shape index (κ1) is 23.6.